The highest BCUT2D eigenvalue weighted by Crippen LogP contribution is 2.24. The predicted molar refractivity (Wildman–Crippen MR) is 80.9 cm³/mol. The second kappa shape index (κ2) is 7.90. The number of para-hydroxylation sites is 1. The van der Waals surface area contributed by atoms with Crippen molar-refractivity contribution in [1.82, 2.24) is 5.32 Å². The molecule has 20 heavy (non-hydrogen) atoms. The molecule has 1 atom stereocenters. The molecule has 0 aromatic heterocycles. The van der Waals surface area contributed by atoms with Gasteiger partial charge in [-0.05, 0) is 37.3 Å². The van der Waals surface area contributed by atoms with Crippen molar-refractivity contribution in [3.05, 3.63) is 29.8 Å². The Morgan fingerprint density at radius 3 is 3.10 bits per heavy atom. The summed E-state index contributed by atoms with van der Waals surface area (Å²) < 4.78 is 5.39. The summed E-state index contributed by atoms with van der Waals surface area (Å²) >= 11 is 0. The van der Waals surface area contributed by atoms with E-state index in [1.54, 1.807) is 0 Å². The SMILES string of the molecule is CCCOCCCNC(=O)C1CCc2ccccc2N1. The molecular formula is C16H24N2O2. The summed E-state index contributed by atoms with van der Waals surface area (Å²) in [5.41, 5.74) is 2.38. The molecule has 1 aromatic carbocycles. The number of hydrogen-bond acceptors (Lipinski definition) is 3. The minimum atomic E-state index is -0.110. The van der Waals surface area contributed by atoms with Crippen molar-refractivity contribution in [3.63, 3.8) is 0 Å². The van der Waals surface area contributed by atoms with Crippen LogP contribution < -0.4 is 10.6 Å². The van der Waals surface area contributed by atoms with Crippen molar-refractivity contribution in [2.45, 2.75) is 38.6 Å². The molecule has 1 amide bonds. The van der Waals surface area contributed by atoms with Crippen LogP contribution in [0.2, 0.25) is 0 Å². The Hall–Kier alpha value is -1.55. The first kappa shape index (κ1) is 14.9. The lowest BCUT2D eigenvalue weighted by atomic mass is 9.98. The summed E-state index contributed by atoms with van der Waals surface area (Å²) in [7, 11) is 0. The lowest BCUT2D eigenvalue weighted by Gasteiger charge is -2.26. The van der Waals surface area contributed by atoms with E-state index in [0.29, 0.717) is 6.54 Å². The highest BCUT2D eigenvalue weighted by Gasteiger charge is 2.22. The Morgan fingerprint density at radius 1 is 1.40 bits per heavy atom. The molecule has 110 valence electrons. The van der Waals surface area contributed by atoms with Crippen molar-refractivity contribution in [2.75, 3.05) is 25.1 Å². The summed E-state index contributed by atoms with van der Waals surface area (Å²) in [6.45, 7) is 4.29. The zero-order valence-electron chi connectivity index (χ0n) is 12.2. The minimum Gasteiger partial charge on any atom is -0.381 e. The van der Waals surface area contributed by atoms with E-state index in [9.17, 15) is 4.79 Å². The van der Waals surface area contributed by atoms with Crippen LogP contribution in [-0.4, -0.2) is 31.7 Å². The largest absolute Gasteiger partial charge is 0.381 e. The fraction of sp³-hybridized carbons (Fsp3) is 0.562. The maximum Gasteiger partial charge on any atom is 0.242 e. The first-order valence-electron chi connectivity index (χ1n) is 7.51. The number of hydrogen-bond donors (Lipinski definition) is 2. The van der Waals surface area contributed by atoms with Gasteiger partial charge in [0.15, 0.2) is 0 Å². The summed E-state index contributed by atoms with van der Waals surface area (Å²) in [5, 5.41) is 6.29. The first-order valence-corrected chi connectivity index (χ1v) is 7.51. The number of amides is 1. The number of fused-ring (bicyclic) bond motifs is 1. The van der Waals surface area contributed by atoms with Crippen LogP contribution in [0.5, 0.6) is 0 Å². The maximum absolute atomic E-state index is 12.1. The van der Waals surface area contributed by atoms with Gasteiger partial charge >= 0.3 is 0 Å². The van der Waals surface area contributed by atoms with Crippen LogP contribution in [0.1, 0.15) is 31.7 Å². The molecule has 4 heteroatoms. The van der Waals surface area contributed by atoms with E-state index in [2.05, 4.69) is 23.6 Å². The van der Waals surface area contributed by atoms with Gasteiger partial charge in [-0.25, -0.2) is 0 Å². The van der Waals surface area contributed by atoms with E-state index < -0.39 is 0 Å². The Bertz CT molecular complexity index is 434. The third kappa shape index (κ3) is 4.23. The van der Waals surface area contributed by atoms with Gasteiger partial charge in [0.2, 0.25) is 5.91 Å². The Balaban J connectivity index is 1.69. The van der Waals surface area contributed by atoms with Gasteiger partial charge in [0.05, 0.1) is 0 Å². The second-order valence-corrected chi connectivity index (χ2v) is 5.15. The zero-order chi connectivity index (χ0) is 14.2. The summed E-state index contributed by atoms with van der Waals surface area (Å²) in [5.74, 6) is 0.0926. The molecule has 2 rings (SSSR count). The maximum atomic E-state index is 12.1. The van der Waals surface area contributed by atoms with Crippen LogP contribution >= 0.6 is 0 Å². The highest BCUT2D eigenvalue weighted by molar-refractivity contribution is 5.85. The van der Waals surface area contributed by atoms with E-state index in [4.69, 9.17) is 4.74 Å². The second-order valence-electron chi connectivity index (χ2n) is 5.15. The van der Waals surface area contributed by atoms with Crippen LogP contribution in [-0.2, 0) is 16.0 Å². The van der Waals surface area contributed by atoms with Gasteiger partial charge in [-0.15, -0.1) is 0 Å². The molecular weight excluding hydrogens is 252 g/mol. The molecule has 0 saturated carbocycles. The van der Waals surface area contributed by atoms with E-state index in [1.165, 1.54) is 5.56 Å². The van der Waals surface area contributed by atoms with Crippen molar-refractivity contribution in [3.8, 4) is 0 Å². The van der Waals surface area contributed by atoms with E-state index in [-0.39, 0.29) is 11.9 Å². The molecule has 0 bridgehead atoms. The topological polar surface area (TPSA) is 50.4 Å². The van der Waals surface area contributed by atoms with E-state index in [0.717, 1.165) is 44.6 Å². The number of ether oxygens (including phenoxy) is 1. The molecule has 4 nitrogen and oxygen atoms in total. The third-order valence-corrected chi connectivity index (χ3v) is 3.48. The van der Waals surface area contributed by atoms with Crippen LogP contribution in [0, 0.1) is 0 Å². The van der Waals surface area contributed by atoms with E-state index >= 15 is 0 Å². The van der Waals surface area contributed by atoms with Crippen LogP contribution in [0.25, 0.3) is 0 Å². The van der Waals surface area contributed by atoms with Gasteiger partial charge in [0.1, 0.15) is 6.04 Å². The normalized spacial score (nSPS) is 17.1. The Morgan fingerprint density at radius 2 is 2.25 bits per heavy atom. The van der Waals surface area contributed by atoms with Gasteiger partial charge in [-0.3, -0.25) is 4.79 Å². The number of benzene rings is 1. The average molecular weight is 276 g/mol. The molecule has 0 aliphatic carbocycles. The fourth-order valence-electron chi connectivity index (χ4n) is 2.39. The molecule has 1 aliphatic rings. The van der Waals surface area contributed by atoms with Gasteiger partial charge in [0, 0.05) is 25.4 Å². The zero-order valence-corrected chi connectivity index (χ0v) is 12.2. The van der Waals surface area contributed by atoms with Crippen molar-refractivity contribution in [2.24, 2.45) is 0 Å². The molecule has 0 radical (unpaired) electrons. The molecule has 1 aromatic rings. The molecule has 0 saturated heterocycles. The number of rotatable bonds is 7. The molecule has 0 fully saturated rings. The first-order chi connectivity index (χ1) is 9.81. The Kier molecular flexibility index (Phi) is 5.87. The minimum absolute atomic E-state index is 0.0926. The molecule has 1 heterocycles. The number of aryl methyl sites for hydroxylation is 1. The third-order valence-electron chi connectivity index (χ3n) is 3.48. The lowest BCUT2D eigenvalue weighted by Crippen LogP contribution is -2.42. The number of carbonyl (C=O) groups excluding carboxylic acids is 1. The Labute approximate surface area is 120 Å². The molecule has 1 aliphatic heterocycles. The number of anilines is 1. The molecule has 1 unspecified atom stereocenters. The van der Waals surface area contributed by atoms with Crippen LogP contribution in [0.3, 0.4) is 0 Å². The van der Waals surface area contributed by atoms with Crippen LogP contribution in [0.15, 0.2) is 24.3 Å². The van der Waals surface area contributed by atoms with Crippen molar-refractivity contribution in [1.29, 1.82) is 0 Å². The fourth-order valence-corrected chi connectivity index (χ4v) is 2.39. The quantitative estimate of drug-likeness (QED) is 0.752. The standard InChI is InChI=1S/C16H24N2O2/c1-2-11-20-12-5-10-17-16(19)15-9-8-13-6-3-4-7-14(13)18-15/h3-4,6-7,15,18H,2,5,8-12H2,1H3,(H,17,19). The number of nitrogens with one attached hydrogen (secondary N) is 2. The summed E-state index contributed by atoms with van der Waals surface area (Å²) in [4.78, 5) is 12.1. The molecule has 0 spiro atoms. The van der Waals surface area contributed by atoms with Crippen molar-refractivity contribution >= 4 is 11.6 Å². The summed E-state index contributed by atoms with van der Waals surface area (Å²) in [6.07, 6.45) is 3.73. The monoisotopic (exact) mass is 276 g/mol. The lowest BCUT2D eigenvalue weighted by molar-refractivity contribution is -0.122. The smallest absolute Gasteiger partial charge is 0.242 e. The van der Waals surface area contributed by atoms with Crippen molar-refractivity contribution < 1.29 is 9.53 Å². The molecule has 2 N–H and O–H groups in total. The van der Waals surface area contributed by atoms with E-state index in [1.807, 2.05) is 18.2 Å². The van der Waals surface area contributed by atoms with Gasteiger partial charge < -0.3 is 15.4 Å². The van der Waals surface area contributed by atoms with Gasteiger partial charge in [0.25, 0.3) is 0 Å². The van der Waals surface area contributed by atoms with Gasteiger partial charge in [-0.2, -0.15) is 0 Å². The average Bonchev–Trinajstić information content (AvgIpc) is 2.50. The number of carbonyl (C=O) groups is 1. The highest BCUT2D eigenvalue weighted by atomic mass is 16.5. The van der Waals surface area contributed by atoms with Gasteiger partial charge in [-0.1, -0.05) is 25.1 Å². The van der Waals surface area contributed by atoms with Crippen LogP contribution in [0.4, 0.5) is 5.69 Å². The predicted octanol–water partition coefficient (Wildman–Crippen LogP) is 2.35. The summed E-state index contributed by atoms with van der Waals surface area (Å²) in [6, 6.07) is 8.07.